The van der Waals surface area contributed by atoms with Crippen LogP contribution in [-0.2, 0) is 9.53 Å². The van der Waals surface area contributed by atoms with Crippen molar-refractivity contribution in [3.8, 4) is 0 Å². The van der Waals surface area contributed by atoms with E-state index in [-0.39, 0.29) is 11.2 Å². The SMILES string of the molecule is CCOC(=O)C1C(=N)SC2C=CC=CC=C21. The topological polar surface area (TPSA) is 50.2 Å². The third-order valence-electron chi connectivity index (χ3n) is 2.50. The second-order valence-electron chi connectivity index (χ2n) is 3.52. The number of esters is 1. The van der Waals surface area contributed by atoms with E-state index in [9.17, 15) is 4.79 Å². The monoisotopic (exact) mass is 235 g/mol. The Morgan fingerprint density at radius 3 is 3.06 bits per heavy atom. The highest BCUT2D eigenvalue weighted by Gasteiger charge is 2.40. The molecule has 0 radical (unpaired) electrons. The highest BCUT2D eigenvalue weighted by atomic mass is 32.2. The molecule has 0 bridgehead atoms. The molecule has 0 aromatic carbocycles. The molecule has 0 spiro atoms. The first-order valence-corrected chi connectivity index (χ1v) is 6.08. The van der Waals surface area contributed by atoms with Crippen LogP contribution in [0.4, 0.5) is 0 Å². The number of carbonyl (C=O) groups excluding carboxylic acids is 1. The van der Waals surface area contributed by atoms with Crippen LogP contribution in [-0.4, -0.2) is 22.9 Å². The van der Waals surface area contributed by atoms with Gasteiger partial charge in [0, 0.05) is 0 Å². The fourth-order valence-electron chi connectivity index (χ4n) is 1.79. The Kier molecular flexibility index (Phi) is 3.29. The van der Waals surface area contributed by atoms with Crippen LogP contribution in [0.25, 0.3) is 0 Å². The quantitative estimate of drug-likeness (QED) is 0.747. The number of rotatable bonds is 2. The molecule has 1 fully saturated rings. The van der Waals surface area contributed by atoms with Gasteiger partial charge in [-0.2, -0.15) is 0 Å². The van der Waals surface area contributed by atoms with Crippen molar-refractivity contribution in [3.63, 3.8) is 0 Å². The van der Waals surface area contributed by atoms with Crippen molar-refractivity contribution in [2.75, 3.05) is 6.61 Å². The van der Waals surface area contributed by atoms with Crippen LogP contribution in [0.1, 0.15) is 6.92 Å². The molecular formula is C12H13NO2S. The van der Waals surface area contributed by atoms with E-state index in [0.29, 0.717) is 11.7 Å². The summed E-state index contributed by atoms with van der Waals surface area (Å²) in [5.74, 6) is -0.806. The molecule has 1 saturated heterocycles. The first-order valence-electron chi connectivity index (χ1n) is 5.20. The Bertz CT molecular complexity index is 409. The second-order valence-corrected chi connectivity index (χ2v) is 4.71. The van der Waals surface area contributed by atoms with Gasteiger partial charge in [0.15, 0.2) is 0 Å². The van der Waals surface area contributed by atoms with Crippen LogP contribution in [0.3, 0.4) is 0 Å². The van der Waals surface area contributed by atoms with E-state index in [2.05, 4.69) is 0 Å². The Morgan fingerprint density at radius 2 is 2.31 bits per heavy atom. The molecule has 0 amide bonds. The molecule has 4 heteroatoms. The van der Waals surface area contributed by atoms with Gasteiger partial charge >= 0.3 is 5.97 Å². The fourth-order valence-corrected chi connectivity index (χ4v) is 2.96. The van der Waals surface area contributed by atoms with E-state index in [1.165, 1.54) is 11.8 Å². The summed E-state index contributed by atoms with van der Waals surface area (Å²) in [5.41, 5.74) is 0.957. The van der Waals surface area contributed by atoms with Gasteiger partial charge < -0.3 is 4.74 Å². The molecule has 0 aromatic rings. The Morgan fingerprint density at radius 1 is 1.50 bits per heavy atom. The van der Waals surface area contributed by atoms with Crippen molar-refractivity contribution in [2.45, 2.75) is 12.2 Å². The van der Waals surface area contributed by atoms with Crippen molar-refractivity contribution >= 4 is 22.8 Å². The van der Waals surface area contributed by atoms with E-state index in [1.807, 2.05) is 30.4 Å². The molecule has 0 aromatic heterocycles. The number of hydrogen-bond donors (Lipinski definition) is 1. The van der Waals surface area contributed by atoms with E-state index in [1.54, 1.807) is 6.92 Å². The lowest BCUT2D eigenvalue weighted by atomic mass is 9.97. The predicted octanol–water partition coefficient (Wildman–Crippen LogP) is 2.31. The summed E-state index contributed by atoms with van der Waals surface area (Å²) in [6.07, 6.45) is 9.70. The Balaban J connectivity index is 2.28. The molecule has 2 rings (SSSR count). The number of ether oxygens (including phenoxy) is 1. The molecule has 2 unspecified atom stereocenters. The lowest BCUT2D eigenvalue weighted by molar-refractivity contribution is -0.144. The average Bonchev–Trinajstić information content (AvgIpc) is 2.43. The third kappa shape index (κ3) is 1.97. The van der Waals surface area contributed by atoms with E-state index < -0.39 is 5.92 Å². The molecule has 2 atom stereocenters. The first kappa shape index (κ1) is 11.2. The van der Waals surface area contributed by atoms with Gasteiger partial charge in [-0.25, -0.2) is 0 Å². The zero-order valence-electron chi connectivity index (χ0n) is 8.97. The van der Waals surface area contributed by atoms with Crippen molar-refractivity contribution in [3.05, 3.63) is 36.0 Å². The molecule has 84 valence electrons. The lowest BCUT2D eigenvalue weighted by Gasteiger charge is -2.11. The molecule has 1 aliphatic heterocycles. The van der Waals surface area contributed by atoms with E-state index in [4.69, 9.17) is 10.1 Å². The summed E-state index contributed by atoms with van der Waals surface area (Å²) in [5, 5.41) is 8.34. The molecule has 1 N–H and O–H groups in total. The van der Waals surface area contributed by atoms with Gasteiger partial charge in [-0.15, -0.1) is 0 Å². The summed E-state index contributed by atoms with van der Waals surface area (Å²) in [6.45, 7) is 2.14. The van der Waals surface area contributed by atoms with Crippen molar-refractivity contribution in [1.29, 1.82) is 5.41 Å². The maximum absolute atomic E-state index is 11.8. The number of carbonyl (C=O) groups is 1. The largest absolute Gasteiger partial charge is 0.465 e. The molecule has 16 heavy (non-hydrogen) atoms. The zero-order chi connectivity index (χ0) is 11.5. The molecule has 3 nitrogen and oxygen atoms in total. The minimum absolute atomic E-state index is 0.108. The van der Waals surface area contributed by atoms with Crippen molar-refractivity contribution in [1.82, 2.24) is 0 Å². The maximum atomic E-state index is 11.8. The predicted molar refractivity (Wildman–Crippen MR) is 65.6 cm³/mol. The summed E-state index contributed by atoms with van der Waals surface area (Å²) < 4.78 is 5.00. The lowest BCUT2D eigenvalue weighted by Crippen LogP contribution is -2.22. The third-order valence-corrected chi connectivity index (χ3v) is 3.67. The standard InChI is InChI=1S/C12H13NO2S/c1-2-15-12(14)10-8-6-4-3-5-7-9(8)16-11(10)13/h3-7,9-10,13H,2H2,1H3. The minimum Gasteiger partial charge on any atom is -0.465 e. The maximum Gasteiger partial charge on any atom is 0.319 e. The van der Waals surface area contributed by atoms with Crippen LogP contribution in [0.15, 0.2) is 36.0 Å². The molecule has 1 heterocycles. The smallest absolute Gasteiger partial charge is 0.319 e. The summed E-state index contributed by atoms with van der Waals surface area (Å²) in [7, 11) is 0. The van der Waals surface area contributed by atoms with Gasteiger partial charge in [0.05, 0.1) is 16.9 Å². The van der Waals surface area contributed by atoms with E-state index >= 15 is 0 Å². The summed E-state index contributed by atoms with van der Waals surface area (Å²) >= 11 is 1.41. The van der Waals surface area contributed by atoms with Crippen LogP contribution in [0.2, 0.25) is 0 Å². The van der Waals surface area contributed by atoms with Crippen LogP contribution < -0.4 is 0 Å². The Labute approximate surface area is 98.8 Å². The molecule has 1 aliphatic carbocycles. The second kappa shape index (κ2) is 4.70. The summed E-state index contributed by atoms with van der Waals surface area (Å²) in [6, 6.07) is 0. The summed E-state index contributed by atoms with van der Waals surface area (Å²) in [4.78, 5) is 11.8. The van der Waals surface area contributed by atoms with Crippen molar-refractivity contribution in [2.24, 2.45) is 5.92 Å². The van der Waals surface area contributed by atoms with Gasteiger partial charge in [0.25, 0.3) is 0 Å². The van der Waals surface area contributed by atoms with Gasteiger partial charge in [-0.1, -0.05) is 42.1 Å². The van der Waals surface area contributed by atoms with Gasteiger partial charge in [-0.05, 0) is 12.5 Å². The van der Waals surface area contributed by atoms with Gasteiger partial charge in [0.2, 0.25) is 0 Å². The molecular weight excluding hydrogens is 222 g/mol. The number of allylic oxidation sites excluding steroid dienone is 4. The van der Waals surface area contributed by atoms with E-state index in [0.717, 1.165) is 5.57 Å². The number of hydrogen-bond acceptors (Lipinski definition) is 4. The first-order chi connectivity index (χ1) is 7.74. The van der Waals surface area contributed by atoms with Crippen LogP contribution in [0, 0.1) is 11.3 Å². The van der Waals surface area contributed by atoms with Crippen molar-refractivity contribution < 1.29 is 9.53 Å². The Hall–Kier alpha value is -1.29. The number of thioether (sulfide) groups is 1. The average molecular weight is 235 g/mol. The minimum atomic E-state index is -0.498. The molecule has 0 saturated carbocycles. The fraction of sp³-hybridized carbons (Fsp3) is 0.333. The van der Waals surface area contributed by atoms with Gasteiger partial charge in [0.1, 0.15) is 5.92 Å². The zero-order valence-corrected chi connectivity index (χ0v) is 9.79. The number of nitrogens with one attached hydrogen (secondary N) is 1. The van der Waals surface area contributed by atoms with Gasteiger partial charge in [-0.3, -0.25) is 10.2 Å². The highest BCUT2D eigenvalue weighted by molar-refractivity contribution is 8.15. The molecule has 2 aliphatic rings. The highest BCUT2D eigenvalue weighted by Crippen LogP contribution is 2.40. The normalized spacial score (nSPS) is 27.3. The van der Waals surface area contributed by atoms with Crippen LogP contribution >= 0.6 is 11.8 Å². The number of fused-ring (bicyclic) bond motifs is 1. The van der Waals surface area contributed by atoms with Crippen LogP contribution in [0.5, 0.6) is 0 Å².